The molecule has 0 spiro atoms. The monoisotopic (exact) mass is 234 g/mol. The molecule has 0 aliphatic rings. The van der Waals surface area contributed by atoms with Crippen LogP contribution in [0.25, 0.3) is 10.9 Å². The van der Waals surface area contributed by atoms with Gasteiger partial charge in [0.25, 0.3) is 0 Å². The van der Waals surface area contributed by atoms with Crippen LogP contribution in [-0.2, 0) is 16.3 Å². The number of rotatable bonds is 3. The average molecular weight is 234 g/mol. The predicted octanol–water partition coefficient (Wildman–Crippen LogP) is 1.98. The lowest BCUT2D eigenvalue weighted by Gasteiger charge is -2.02. The van der Waals surface area contributed by atoms with Crippen LogP contribution in [0.1, 0.15) is 5.56 Å². The van der Waals surface area contributed by atoms with Crippen LogP contribution in [0.4, 0.5) is 0 Å². The maximum atomic E-state index is 10.9. The van der Waals surface area contributed by atoms with E-state index in [9.17, 15) is 8.42 Å². The Balaban J connectivity index is 2.26. The molecule has 3 nitrogen and oxygen atoms in total. The number of sulfone groups is 1. The van der Waals surface area contributed by atoms with Crippen molar-refractivity contribution in [1.82, 2.24) is 4.98 Å². The van der Waals surface area contributed by atoms with Gasteiger partial charge in [-0.2, -0.15) is 0 Å². The van der Waals surface area contributed by atoms with Gasteiger partial charge in [-0.05, 0) is 24.1 Å². The third-order valence-corrected chi connectivity index (χ3v) is 3.17. The molecule has 0 amide bonds. The van der Waals surface area contributed by atoms with Crippen molar-refractivity contribution in [3.05, 3.63) is 48.3 Å². The number of pyridine rings is 1. The molecular weight excluding hydrogens is 222 g/mol. The van der Waals surface area contributed by atoms with E-state index >= 15 is 0 Å². The van der Waals surface area contributed by atoms with Crippen LogP contribution in [-0.4, -0.2) is 19.2 Å². The Kier molecular flexibility index (Phi) is 2.92. The SMILES string of the molecule is [CH2]S(=O)(=O)CCc1cnc2ccccc2c1. The first-order valence-corrected chi connectivity index (χ1v) is 6.76. The minimum Gasteiger partial charge on any atom is -0.256 e. The number of benzene rings is 1. The van der Waals surface area contributed by atoms with Gasteiger partial charge in [0.05, 0.1) is 17.5 Å². The Morgan fingerprint density at radius 3 is 2.75 bits per heavy atom. The number of fused-ring (bicyclic) bond motifs is 1. The highest BCUT2D eigenvalue weighted by Crippen LogP contribution is 2.13. The zero-order chi connectivity index (χ0) is 11.6. The van der Waals surface area contributed by atoms with Crippen LogP contribution in [0.15, 0.2) is 36.5 Å². The largest absolute Gasteiger partial charge is 0.256 e. The van der Waals surface area contributed by atoms with Gasteiger partial charge in [-0.15, -0.1) is 0 Å². The van der Waals surface area contributed by atoms with E-state index in [1.807, 2.05) is 30.3 Å². The van der Waals surface area contributed by atoms with Crippen LogP contribution < -0.4 is 0 Å². The molecule has 1 radical (unpaired) electrons. The zero-order valence-corrected chi connectivity index (χ0v) is 9.57. The third-order valence-electron chi connectivity index (χ3n) is 2.35. The molecule has 0 fully saturated rings. The highest BCUT2D eigenvalue weighted by Gasteiger charge is 2.04. The molecule has 2 aromatic rings. The molecule has 1 heterocycles. The first-order chi connectivity index (χ1) is 7.54. The molecule has 0 N–H and O–H groups in total. The molecule has 4 heteroatoms. The molecule has 0 unspecified atom stereocenters. The van der Waals surface area contributed by atoms with Crippen molar-refractivity contribution in [2.45, 2.75) is 6.42 Å². The summed E-state index contributed by atoms with van der Waals surface area (Å²) in [5, 5.41) is 1.03. The van der Waals surface area contributed by atoms with Gasteiger partial charge < -0.3 is 0 Å². The van der Waals surface area contributed by atoms with Crippen LogP contribution in [0, 0.1) is 6.26 Å². The fourth-order valence-electron chi connectivity index (χ4n) is 1.53. The molecule has 2 rings (SSSR count). The van der Waals surface area contributed by atoms with Crippen molar-refractivity contribution < 1.29 is 8.42 Å². The lowest BCUT2D eigenvalue weighted by molar-refractivity contribution is 0.603. The van der Waals surface area contributed by atoms with Gasteiger partial charge in [-0.1, -0.05) is 18.2 Å². The molecule has 0 saturated carbocycles. The Morgan fingerprint density at radius 2 is 2.00 bits per heavy atom. The minimum atomic E-state index is -3.15. The summed E-state index contributed by atoms with van der Waals surface area (Å²) in [4.78, 5) is 4.27. The van der Waals surface area contributed by atoms with Crippen LogP contribution in [0.2, 0.25) is 0 Å². The summed E-state index contributed by atoms with van der Waals surface area (Å²) in [7, 11) is -3.15. The summed E-state index contributed by atoms with van der Waals surface area (Å²) < 4.78 is 21.9. The van der Waals surface area contributed by atoms with Gasteiger partial charge in [0.15, 0.2) is 9.84 Å². The molecule has 0 saturated heterocycles. The molecule has 1 aromatic heterocycles. The van der Waals surface area contributed by atoms with Crippen molar-refractivity contribution in [2.24, 2.45) is 0 Å². The van der Waals surface area contributed by atoms with Gasteiger partial charge in [0, 0.05) is 11.6 Å². The van der Waals surface area contributed by atoms with Gasteiger partial charge >= 0.3 is 0 Å². The molecule has 83 valence electrons. The highest BCUT2D eigenvalue weighted by molar-refractivity contribution is 7.92. The predicted molar refractivity (Wildman–Crippen MR) is 64.6 cm³/mol. The number of aromatic nitrogens is 1. The quantitative estimate of drug-likeness (QED) is 0.816. The van der Waals surface area contributed by atoms with E-state index in [4.69, 9.17) is 0 Å². The van der Waals surface area contributed by atoms with Crippen molar-refractivity contribution >= 4 is 20.7 Å². The van der Waals surface area contributed by atoms with Crippen molar-refractivity contribution in [1.29, 1.82) is 0 Å². The molecule has 0 bridgehead atoms. The maximum Gasteiger partial charge on any atom is 0.151 e. The maximum absolute atomic E-state index is 10.9. The second kappa shape index (κ2) is 4.22. The lowest BCUT2D eigenvalue weighted by Crippen LogP contribution is -2.04. The number of hydrogen-bond donors (Lipinski definition) is 0. The van der Waals surface area contributed by atoms with E-state index in [1.54, 1.807) is 6.20 Å². The minimum absolute atomic E-state index is 0.0625. The molecule has 0 aliphatic carbocycles. The molecule has 0 atom stereocenters. The lowest BCUT2D eigenvalue weighted by atomic mass is 10.1. The van der Waals surface area contributed by atoms with E-state index in [2.05, 4.69) is 11.2 Å². The Labute approximate surface area is 95.1 Å². The van der Waals surface area contributed by atoms with Crippen LogP contribution >= 0.6 is 0 Å². The van der Waals surface area contributed by atoms with Crippen molar-refractivity contribution in [3.8, 4) is 0 Å². The van der Waals surface area contributed by atoms with E-state index in [-0.39, 0.29) is 5.75 Å². The van der Waals surface area contributed by atoms with Gasteiger partial charge in [0.2, 0.25) is 0 Å². The third kappa shape index (κ3) is 2.79. The van der Waals surface area contributed by atoms with E-state index < -0.39 is 9.84 Å². The van der Waals surface area contributed by atoms with Crippen LogP contribution in [0.3, 0.4) is 0 Å². The zero-order valence-electron chi connectivity index (χ0n) is 8.76. The van der Waals surface area contributed by atoms with E-state index in [1.165, 1.54) is 0 Å². The molecule has 16 heavy (non-hydrogen) atoms. The molecule has 0 aliphatic heterocycles. The fourth-order valence-corrected chi connectivity index (χ4v) is 2.07. The van der Waals surface area contributed by atoms with Gasteiger partial charge in [-0.3, -0.25) is 4.98 Å². The topological polar surface area (TPSA) is 47.0 Å². The smallest absolute Gasteiger partial charge is 0.151 e. The Hall–Kier alpha value is -1.42. The number of nitrogens with zero attached hydrogens (tertiary/aromatic N) is 1. The Bertz CT molecular complexity index is 605. The van der Waals surface area contributed by atoms with E-state index in [0.29, 0.717) is 6.42 Å². The average Bonchev–Trinajstić information content (AvgIpc) is 2.25. The van der Waals surface area contributed by atoms with E-state index in [0.717, 1.165) is 16.5 Å². The van der Waals surface area contributed by atoms with Gasteiger partial charge in [0.1, 0.15) is 0 Å². The number of aryl methyl sites for hydroxylation is 1. The Morgan fingerprint density at radius 1 is 1.25 bits per heavy atom. The normalized spacial score (nSPS) is 11.8. The molecular formula is C12H12NO2S. The summed E-state index contributed by atoms with van der Waals surface area (Å²) in [5.41, 5.74) is 1.84. The summed E-state index contributed by atoms with van der Waals surface area (Å²) in [6.07, 6.45) is 5.28. The summed E-state index contributed by atoms with van der Waals surface area (Å²) in [6, 6.07) is 9.72. The summed E-state index contributed by atoms with van der Waals surface area (Å²) in [6.45, 7) is 0. The van der Waals surface area contributed by atoms with Crippen LogP contribution in [0.5, 0.6) is 0 Å². The first-order valence-electron chi connectivity index (χ1n) is 4.94. The summed E-state index contributed by atoms with van der Waals surface area (Å²) >= 11 is 0. The van der Waals surface area contributed by atoms with Gasteiger partial charge in [-0.25, -0.2) is 8.42 Å². The molecule has 1 aromatic carbocycles. The van der Waals surface area contributed by atoms with Crippen molar-refractivity contribution in [3.63, 3.8) is 0 Å². The highest BCUT2D eigenvalue weighted by atomic mass is 32.2. The number of para-hydroxylation sites is 1. The standard InChI is InChI=1S/C12H12NO2S/c1-16(14,15)7-6-10-8-11-4-2-3-5-12(11)13-9-10/h2-5,8-9H,1,6-7H2. The number of hydrogen-bond acceptors (Lipinski definition) is 3. The second-order valence-corrected chi connectivity index (χ2v) is 5.63. The fraction of sp³-hybridized carbons (Fsp3) is 0.167. The second-order valence-electron chi connectivity index (χ2n) is 3.73. The summed E-state index contributed by atoms with van der Waals surface area (Å²) in [5.74, 6) is 0.0625. The first kappa shape index (κ1) is 11.1. The van der Waals surface area contributed by atoms with Crippen molar-refractivity contribution in [2.75, 3.05) is 5.75 Å².